The first-order valence-corrected chi connectivity index (χ1v) is 4.45. The largest absolute Gasteiger partial charge is 0.463 e. The Balaban J connectivity index is 2.71. The van der Waals surface area contributed by atoms with E-state index in [4.69, 9.17) is 0 Å². The Kier molecular flexibility index (Phi) is 3.23. The summed E-state index contributed by atoms with van der Waals surface area (Å²) in [5.74, 6) is -1.36. The third-order valence-electron chi connectivity index (χ3n) is 2.42. The number of hydrogen-bond acceptors (Lipinski definition) is 3. The van der Waals surface area contributed by atoms with Crippen molar-refractivity contribution in [1.29, 1.82) is 0 Å². The fourth-order valence-electron chi connectivity index (χ4n) is 1.60. The van der Waals surface area contributed by atoms with E-state index in [1.807, 2.05) is 13.0 Å². The molecule has 0 radical (unpaired) electrons. The summed E-state index contributed by atoms with van der Waals surface area (Å²) < 4.78 is 4.40. The number of ketones is 1. The molecule has 0 aromatic heterocycles. The maximum atomic E-state index is 11.4. The molecule has 0 aromatic rings. The Morgan fingerprint density at radius 3 is 2.77 bits per heavy atom. The summed E-state index contributed by atoms with van der Waals surface area (Å²) in [5.41, 5.74) is 1.00. The van der Waals surface area contributed by atoms with E-state index in [1.54, 1.807) is 0 Å². The van der Waals surface area contributed by atoms with Crippen LogP contribution in [-0.2, 0) is 14.3 Å². The summed E-state index contributed by atoms with van der Waals surface area (Å²) in [6.45, 7) is 1.89. The van der Waals surface area contributed by atoms with Crippen LogP contribution in [0.15, 0.2) is 11.6 Å². The molecule has 0 fully saturated rings. The van der Waals surface area contributed by atoms with Gasteiger partial charge in [-0.25, -0.2) is 4.79 Å². The predicted molar refractivity (Wildman–Crippen MR) is 48.1 cm³/mol. The van der Waals surface area contributed by atoms with Crippen molar-refractivity contribution in [2.75, 3.05) is 7.11 Å². The highest BCUT2D eigenvalue weighted by molar-refractivity contribution is 6.35. The van der Waals surface area contributed by atoms with Crippen LogP contribution in [-0.4, -0.2) is 18.9 Å². The van der Waals surface area contributed by atoms with Gasteiger partial charge in [0.1, 0.15) is 0 Å². The molecule has 0 aromatic carbocycles. The van der Waals surface area contributed by atoms with Crippen LogP contribution in [0, 0.1) is 5.92 Å². The molecule has 0 spiro atoms. The van der Waals surface area contributed by atoms with Crippen LogP contribution in [0.1, 0.15) is 26.2 Å². The first-order chi connectivity index (χ1) is 6.16. The Morgan fingerprint density at radius 2 is 2.23 bits per heavy atom. The molecule has 1 aliphatic carbocycles. The van der Waals surface area contributed by atoms with Gasteiger partial charge in [0.2, 0.25) is 5.78 Å². The number of hydrogen-bond donors (Lipinski definition) is 0. The van der Waals surface area contributed by atoms with E-state index >= 15 is 0 Å². The standard InChI is InChI=1S/C10H14O3/c1-7-5-3-4-6-8(7)9(11)10(12)13-2/h5,8H,3-4,6H2,1-2H3. The number of ether oxygens (including phenoxy) is 1. The van der Waals surface area contributed by atoms with Crippen LogP contribution >= 0.6 is 0 Å². The fraction of sp³-hybridized carbons (Fsp3) is 0.600. The van der Waals surface area contributed by atoms with Crippen molar-refractivity contribution >= 4 is 11.8 Å². The minimum Gasteiger partial charge on any atom is -0.463 e. The van der Waals surface area contributed by atoms with Gasteiger partial charge in [0.05, 0.1) is 13.0 Å². The van der Waals surface area contributed by atoms with Gasteiger partial charge in [-0.3, -0.25) is 4.79 Å². The van der Waals surface area contributed by atoms with E-state index < -0.39 is 11.8 Å². The number of allylic oxidation sites excluding steroid dienone is 2. The number of carbonyl (C=O) groups excluding carboxylic acids is 2. The molecular formula is C10H14O3. The molecule has 1 atom stereocenters. The molecule has 0 aliphatic heterocycles. The Morgan fingerprint density at radius 1 is 1.54 bits per heavy atom. The molecule has 3 heteroatoms. The van der Waals surface area contributed by atoms with Crippen LogP contribution < -0.4 is 0 Å². The van der Waals surface area contributed by atoms with E-state index in [1.165, 1.54) is 7.11 Å². The van der Waals surface area contributed by atoms with Gasteiger partial charge in [-0.1, -0.05) is 11.6 Å². The van der Waals surface area contributed by atoms with Crippen molar-refractivity contribution in [3.05, 3.63) is 11.6 Å². The van der Waals surface area contributed by atoms with Gasteiger partial charge in [0, 0.05) is 0 Å². The third-order valence-corrected chi connectivity index (χ3v) is 2.42. The molecule has 0 amide bonds. The fourth-order valence-corrected chi connectivity index (χ4v) is 1.60. The van der Waals surface area contributed by atoms with Crippen LogP contribution in [0.5, 0.6) is 0 Å². The van der Waals surface area contributed by atoms with E-state index in [-0.39, 0.29) is 5.92 Å². The van der Waals surface area contributed by atoms with Crippen molar-refractivity contribution in [2.24, 2.45) is 5.92 Å². The maximum absolute atomic E-state index is 11.4. The first kappa shape index (κ1) is 9.96. The molecule has 72 valence electrons. The Bertz CT molecular complexity index is 253. The molecule has 0 N–H and O–H groups in total. The molecule has 0 bridgehead atoms. The van der Waals surface area contributed by atoms with Gasteiger partial charge in [-0.05, 0) is 26.2 Å². The topological polar surface area (TPSA) is 43.4 Å². The molecular weight excluding hydrogens is 168 g/mol. The Hall–Kier alpha value is -1.12. The lowest BCUT2D eigenvalue weighted by Crippen LogP contribution is -2.27. The lowest BCUT2D eigenvalue weighted by atomic mass is 9.85. The van der Waals surface area contributed by atoms with Crippen LogP contribution in [0.3, 0.4) is 0 Å². The quantitative estimate of drug-likeness (QED) is 0.369. The van der Waals surface area contributed by atoms with Crippen molar-refractivity contribution < 1.29 is 14.3 Å². The minimum atomic E-state index is -0.723. The van der Waals surface area contributed by atoms with Crippen LogP contribution in [0.4, 0.5) is 0 Å². The molecule has 0 heterocycles. The molecule has 13 heavy (non-hydrogen) atoms. The van der Waals surface area contributed by atoms with Crippen molar-refractivity contribution in [3.8, 4) is 0 Å². The second-order valence-electron chi connectivity index (χ2n) is 3.29. The minimum absolute atomic E-state index is 0.235. The van der Waals surface area contributed by atoms with E-state index in [9.17, 15) is 9.59 Å². The number of methoxy groups -OCH3 is 1. The van der Waals surface area contributed by atoms with Crippen molar-refractivity contribution in [1.82, 2.24) is 0 Å². The zero-order valence-corrected chi connectivity index (χ0v) is 8.00. The summed E-state index contributed by atoms with van der Waals surface area (Å²) in [4.78, 5) is 22.4. The lowest BCUT2D eigenvalue weighted by Gasteiger charge is -2.18. The average molecular weight is 182 g/mol. The lowest BCUT2D eigenvalue weighted by molar-refractivity contribution is -0.153. The summed E-state index contributed by atoms with van der Waals surface area (Å²) in [6, 6.07) is 0. The SMILES string of the molecule is COC(=O)C(=O)C1CCCC=C1C. The van der Waals surface area contributed by atoms with Gasteiger partial charge >= 0.3 is 5.97 Å². The molecule has 1 unspecified atom stereocenters. The zero-order valence-electron chi connectivity index (χ0n) is 8.00. The highest BCUT2D eigenvalue weighted by Gasteiger charge is 2.28. The molecule has 0 saturated carbocycles. The van der Waals surface area contributed by atoms with Crippen molar-refractivity contribution in [3.63, 3.8) is 0 Å². The smallest absolute Gasteiger partial charge is 0.374 e. The molecule has 3 nitrogen and oxygen atoms in total. The summed E-state index contributed by atoms with van der Waals surface area (Å²) in [6.07, 6.45) is 4.78. The van der Waals surface area contributed by atoms with E-state index in [2.05, 4.69) is 4.74 Å². The highest BCUT2D eigenvalue weighted by Crippen LogP contribution is 2.25. The number of Topliss-reactive ketones (excluding diaryl/α,β-unsaturated/α-hetero) is 1. The van der Waals surface area contributed by atoms with Gasteiger partial charge in [0.25, 0.3) is 0 Å². The highest BCUT2D eigenvalue weighted by atomic mass is 16.5. The summed E-state index contributed by atoms with van der Waals surface area (Å²) in [5, 5.41) is 0. The van der Waals surface area contributed by atoms with Crippen LogP contribution in [0.25, 0.3) is 0 Å². The average Bonchev–Trinajstić information content (AvgIpc) is 2.16. The molecule has 1 rings (SSSR count). The predicted octanol–water partition coefficient (Wildman–Crippen LogP) is 1.47. The van der Waals surface area contributed by atoms with Crippen LogP contribution in [0.2, 0.25) is 0 Å². The monoisotopic (exact) mass is 182 g/mol. The number of rotatable bonds is 2. The first-order valence-electron chi connectivity index (χ1n) is 4.45. The summed E-state index contributed by atoms with van der Waals surface area (Å²) in [7, 11) is 1.24. The van der Waals surface area contributed by atoms with E-state index in [0.717, 1.165) is 24.8 Å². The maximum Gasteiger partial charge on any atom is 0.374 e. The molecule has 1 aliphatic rings. The number of esters is 1. The Labute approximate surface area is 77.8 Å². The summed E-state index contributed by atoms with van der Waals surface area (Å²) >= 11 is 0. The third kappa shape index (κ3) is 2.17. The van der Waals surface area contributed by atoms with Crippen molar-refractivity contribution in [2.45, 2.75) is 26.2 Å². The second-order valence-corrected chi connectivity index (χ2v) is 3.29. The second kappa shape index (κ2) is 4.21. The molecule has 0 saturated heterocycles. The normalized spacial score (nSPS) is 22.0. The van der Waals surface area contributed by atoms with Gasteiger partial charge < -0.3 is 4.74 Å². The van der Waals surface area contributed by atoms with Gasteiger partial charge in [-0.2, -0.15) is 0 Å². The number of carbonyl (C=O) groups is 2. The van der Waals surface area contributed by atoms with Gasteiger partial charge in [-0.15, -0.1) is 0 Å². The zero-order chi connectivity index (χ0) is 9.84. The van der Waals surface area contributed by atoms with E-state index in [0.29, 0.717) is 0 Å². The van der Waals surface area contributed by atoms with Gasteiger partial charge in [0.15, 0.2) is 0 Å².